The van der Waals surface area contributed by atoms with Crippen molar-refractivity contribution in [2.75, 3.05) is 0 Å². The SMILES string of the molecule is CCn1nnc2c(F)c(C(CC(=O)OCc3ccccc3)c3ccc(C)c(CO)c3)ccc21. The number of ether oxygens (including phenoxy) is 1. The maximum atomic E-state index is 15.6. The highest BCUT2D eigenvalue weighted by Gasteiger charge is 2.25. The van der Waals surface area contributed by atoms with Gasteiger partial charge >= 0.3 is 5.97 Å². The topological polar surface area (TPSA) is 77.2 Å². The van der Waals surface area contributed by atoms with Crippen molar-refractivity contribution < 1.29 is 19.0 Å². The van der Waals surface area contributed by atoms with Crippen LogP contribution in [0, 0.1) is 12.7 Å². The van der Waals surface area contributed by atoms with Crippen molar-refractivity contribution in [1.29, 1.82) is 0 Å². The second kappa shape index (κ2) is 9.92. The number of nitrogens with zero attached hydrogens (tertiary/aromatic N) is 3. The van der Waals surface area contributed by atoms with Crippen LogP contribution in [0.15, 0.2) is 60.7 Å². The molecular weight excluding hydrogens is 421 g/mol. The smallest absolute Gasteiger partial charge is 0.307 e. The first-order chi connectivity index (χ1) is 16.0. The van der Waals surface area contributed by atoms with Crippen LogP contribution in [-0.4, -0.2) is 26.1 Å². The number of carbonyl (C=O) groups excluding carboxylic acids is 1. The zero-order valence-corrected chi connectivity index (χ0v) is 18.7. The minimum Gasteiger partial charge on any atom is -0.461 e. The van der Waals surface area contributed by atoms with Crippen LogP contribution in [0.4, 0.5) is 4.39 Å². The van der Waals surface area contributed by atoms with Gasteiger partial charge in [0, 0.05) is 12.5 Å². The van der Waals surface area contributed by atoms with Crippen LogP contribution < -0.4 is 0 Å². The first-order valence-electron chi connectivity index (χ1n) is 10.9. The summed E-state index contributed by atoms with van der Waals surface area (Å²) in [6.45, 7) is 4.39. The first kappa shape index (κ1) is 22.6. The molecule has 7 heteroatoms. The Kier molecular flexibility index (Phi) is 6.79. The predicted molar refractivity (Wildman–Crippen MR) is 123 cm³/mol. The van der Waals surface area contributed by atoms with E-state index in [2.05, 4.69) is 10.3 Å². The van der Waals surface area contributed by atoms with Crippen LogP contribution in [-0.2, 0) is 29.3 Å². The number of aliphatic hydroxyl groups is 1. The molecule has 4 aromatic rings. The molecule has 0 saturated heterocycles. The van der Waals surface area contributed by atoms with Gasteiger partial charge in [-0.1, -0.05) is 59.8 Å². The van der Waals surface area contributed by atoms with E-state index in [1.807, 2.05) is 62.4 Å². The van der Waals surface area contributed by atoms with Crippen molar-refractivity contribution in [1.82, 2.24) is 15.0 Å². The third-order valence-corrected chi connectivity index (χ3v) is 5.89. The molecule has 0 fully saturated rings. The third-order valence-electron chi connectivity index (χ3n) is 5.89. The van der Waals surface area contributed by atoms with E-state index >= 15 is 4.39 Å². The maximum Gasteiger partial charge on any atom is 0.307 e. The summed E-state index contributed by atoms with van der Waals surface area (Å²) in [5.74, 6) is -1.54. The van der Waals surface area contributed by atoms with E-state index in [0.29, 0.717) is 17.6 Å². The summed E-state index contributed by atoms with van der Waals surface area (Å²) < 4.78 is 22.7. The van der Waals surface area contributed by atoms with Crippen molar-refractivity contribution in [3.8, 4) is 0 Å². The number of rotatable bonds is 8. The van der Waals surface area contributed by atoms with Crippen molar-refractivity contribution >= 4 is 17.0 Å². The van der Waals surface area contributed by atoms with E-state index in [-0.39, 0.29) is 25.2 Å². The molecule has 0 aliphatic heterocycles. The Morgan fingerprint density at radius 1 is 1.15 bits per heavy atom. The molecule has 170 valence electrons. The number of esters is 1. The van der Waals surface area contributed by atoms with Crippen LogP contribution in [0.25, 0.3) is 11.0 Å². The number of fused-ring (bicyclic) bond motifs is 1. The molecule has 1 aromatic heterocycles. The molecule has 0 aliphatic rings. The summed E-state index contributed by atoms with van der Waals surface area (Å²) in [6, 6.07) is 18.4. The molecule has 0 saturated carbocycles. The van der Waals surface area contributed by atoms with Gasteiger partial charge in [0.15, 0.2) is 5.82 Å². The number of aromatic nitrogens is 3. The summed E-state index contributed by atoms with van der Waals surface area (Å²) in [5, 5.41) is 17.7. The Morgan fingerprint density at radius 3 is 2.67 bits per heavy atom. The summed E-state index contributed by atoms with van der Waals surface area (Å²) in [4.78, 5) is 12.8. The lowest BCUT2D eigenvalue weighted by molar-refractivity contribution is -0.145. The molecule has 0 aliphatic carbocycles. The lowest BCUT2D eigenvalue weighted by Crippen LogP contribution is -2.14. The highest BCUT2D eigenvalue weighted by atomic mass is 19.1. The van der Waals surface area contributed by atoms with Gasteiger partial charge in [-0.15, -0.1) is 5.10 Å². The lowest BCUT2D eigenvalue weighted by Gasteiger charge is -2.20. The number of hydrogen-bond donors (Lipinski definition) is 1. The van der Waals surface area contributed by atoms with Gasteiger partial charge in [-0.25, -0.2) is 9.07 Å². The van der Waals surface area contributed by atoms with Gasteiger partial charge in [0.2, 0.25) is 0 Å². The number of aryl methyl sites for hydroxylation is 2. The van der Waals surface area contributed by atoms with Crippen LogP contribution in [0.5, 0.6) is 0 Å². The minimum absolute atomic E-state index is 0.0505. The Hall–Kier alpha value is -3.58. The molecule has 0 spiro atoms. The van der Waals surface area contributed by atoms with Gasteiger partial charge in [-0.3, -0.25) is 4.79 Å². The van der Waals surface area contributed by atoms with Gasteiger partial charge in [0.25, 0.3) is 0 Å². The third kappa shape index (κ3) is 4.78. The zero-order chi connectivity index (χ0) is 23.4. The van der Waals surface area contributed by atoms with Gasteiger partial charge in [0.1, 0.15) is 12.1 Å². The highest BCUT2D eigenvalue weighted by molar-refractivity contribution is 5.77. The number of hydrogen-bond acceptors (Lipinski definition) is 5. The number of benzene rings is 3. The normalized spacial score (nSPS) is 12.1. The molecule has 3 aromatic carbocycles. The van der Waals surface area contributed by atoms with E-state index < -0.39 is 17.7 Å². The van der Waals surface area contributed by atoms with Crippen molar-refractivity contribution in [2.24, 2.45) is 0 Å². The zero-order valence-electron chi connectivity index (χ0n) is 18.7. The van der Waals surface area contributed by atoms with Gasteiger partial charge < -0.3 is 9.84 Å². The number of aliphatic hydroxyl groups excluding tert-OH is 1. The molecule has 6 nitrogen and oxygen atoms in total. The summed E-state index contributed by atoms with van der Waals surface area (Å²) in [6.07, 6.45) is -0.0505. The molecule has 1 unspecified atom stereocenters. The van der Waals surface area contributed by atoms with Crippen LogP contribution in [0.3, 0.4) is 0 Å². The second-order valence-electron chi connectivity index (χ2n) is 7.99. The van der Waals surface area contributed by atoms with Crippen molar-refractivity contribution in [3.05, 3.63) is 94.3 Å². The summed E-state index contributed by atoms with van der Waals surface area (Å²) >= 11 is 0. The average Bonchev–Trinajstić information content (AvgIpc) is 3.27. The second-order valence-corrected chi connectivity index (χ2v) is 7.99. The van der Waals surface area contributed by atoms with Gasteiger partial charge in [-0.2, -0.15) is 0 Å². The molecule has 33 heavy (non-hydrogen) atoms. The molecule has 0 amide bonds. The fraction of sp³-hybridized carbons (Fsp3) is 0.269. The Morgan fingerprint density at radius 2 is 1.94 bits per heavy atom. The van der Waals surface area contributed by atoms with E-state index in [0.717, 1.165) is 22.3 Å². The number of halogens is 1. The van der Waals surface area contributed by atoms with Crippen LogP contribution in [0.1, 0.15) is 47.1 Å². The fourth-order valence-corrected chi connectivity index (χ4v) is 3.97. The molecule has 4 rings (SSSR count). The standard InChI is InChI=1S/C26H26FN3O3/c1-3-30-23-12-11-21(25(27)26(23)28-29-30)22(19-10-9-17(2)20(13-19)15-31)14-24(32)33-16-18-7-5-4-6-8-18/h4-13,22,31H,3,14-16H2,1-2H3. The van der Waals surface area contributed by atoms with Gasteiger partial charge in [-0.05, 0) is 47.7 Å². The van der Waals surface area contributed by atoms with E-state index in [1.165, 1.54) is 0 Å². The molecule has 0 bridgehead atoms. The molecule has 0 radical (unpaired) electrons. The minimum atomic E-state index is -0.602. The lowest BCUT2D eigenvalue weighted by atomic mass is 9.86. The first-order valence-corrected chi connectivity index (χ1v) is 10.9. The molecular formula is C26H26FN3O3. The summed E-state index contributed by atoms with van der Waals surface area (Å²) in [7, 11) is 0. The quantitative estimate of drug-likeness (QED) is 0.398. The molecule has 1 N–H and O–H groups in total. The Balaban J connectivity index is 1.69. The monoisotopic (exact) mass is 447 g/mol. The highest BCUT2D eigenvalue weighted by Crippen LogP contribution is 2.34. The maximum absolute atomic E-state index is 15.6. The van der Waals surface area contributed by atoms with E-state index in [1.54, 1.807) is 16.8 Å². The fourth-order valence-electron chi connectivity index (χ4n) is 3.97. The number of carbonyl (C=O) groups is 1. The van der Waals surface area contributed by atoms with Crippen molar-refractivity contribution in [2.45, 2.75) is 45.9 Å². The summed E-state index contributed by atoms with van der Waals surface area (Å²) in [5.41, 5.74) is 4.37. The Bertz CT molecular complexity index is 1270. The van der Waals surface area contributed by atoms with Crippen molar-refractivity contribution in [3.63, 3.8) is 0 Å². The molecule has 1 heterocycles. The van der Waals surface area contributed by atoms with E-state index in [4.69, 9.17) is 4.74 Å². The van der Waals surface area contributed by atoms with Crippen LogP contribution >= 0.6 is 0 Å². The largest absolute Gasteiger partial charge is 0.461 e. The van der Waals surface area contributed by atoms with Crippen LogP contribution in [0.2, 0.25) is 0 Å². The average molecular weight is 448 g/mol. The van der Waals surface area contributed by atoms with Gasteiger partial charge in [0.05, 0.1) is 18.5 Å². The Labute approximate surface area is 191 Å². The predicted octanol–water partition coefficient (Wildman–Crippen LogP) is 4.66. The van der Waals surface area contributed by atoms with E-state index in [9.17, 15) is 9.90 Å². The molecule has 1 atom stereocenters.